The molecular formula is C12H17N3O3S. The molecule has 2 atom stereocenters. The molecule has 2 heterocycles. The number of carboxylic acids is 1. The molecule has 0 spiro atoms. The summed E-state index contributed by atoms with van der Waals surface area (Å²) in [7, 11) is 0. The number of nitrogens with zero attached hydrogens (tertiary/aromatic N) is 2. The molecule has 6 nitrogen and oxygen atoms in total. The molecule has 2 amide bonds. The highest BCUT2D eigenvalue weighted by molar-refractivity contribution is 7.09. The average Bonchev–Trinajstić information content (AvgIpc) is 2.96. The summed E-state index contributed by atoms with van der Waals surface area (Å²) in [6.07, 6.45) is 1.25. The molecule has 1 fully saturated rings. The third kappa shape index (κ3) is 3.04. The molecule has 0 bridgehead atoms. The van der Waals surface area contributed by atoms with Crippen molar-refractivity contribution in [3.05, 3.63) is 16.1 Å². The Balaban J connectivity index is 1.99. The summed E-state index contributed by atoms with van der Waals surface area (Å²) < 4.78 is 0. The van der Waals surface area contributed by atoms with Crippen LogP contribution < -0.4 is 5.32 Å². The standard InChI is InChI=1S/C12H17N3O3S/c1-7-6-19-10(13-7)8(2)14-12(18)15-5-3-4-9(15)11(16)17/h6,8-9H,3-5H2,1-2H3,(H,14,18)(H,16,17)/t8?,9-/m1/s1. The number of hydrogen-bond donors (Lipinski definition) is 2. The van der Waals surface area contributed by atoms with Gasteiger partial charge in [-0.2, -0.15) is 0 Å². The van der Waals surface area contributed by atoms with Gasteiger partial charge in [0, 0.05) is 17.6 Å². The second-order valence-corrected chi connectivity index (χ2v) is 5.58. The van der Waals surface area contributed by atoms with Gasteiger partial charge in [0.2, 0.25) is 0 Å². The molecule has 1 aliphatic rings. The van der Waals surface area contributed by atoms with E-state index in [2.05, 4.69) is 10.3 Å². The Kier molecular flexibility index (Phi) is 4.04. The maximum atomic E-state index is 12.1. The number of aromatic nitrogens is 1. The van der Waals surface area contributed by atoms with Crippen LogP contribution in [0.2, 0.25) is 0 Å². The molecular weight excluding hydrogens is 266 g/mol. The first-order valence-electron chi connectivity index (χ1n) is 6.21. The zero-order chi connectivity index (χ0) is 14.0. The zero-order valence-corrected chi connectivity index (χ0v) is 11.7. The van der Waals surface area contributed by atoms with E-state index < -0.39 is 12.0 Å². The number of likely N-dealkylation sites (tertiary alicyclic amines) is 1. The number of nitrogens with one attached hydrogen (secondary N) is 1. The number of hydrogen-bond acceptors (Lipinski definition) is 4. The van der Waals surface area contributed by atoms with Crippen molar-refractivity contribution < 1.29 is 14.7 Å². The number of aliphatic carboxylic acids is 1. The van der Waals surface area contributed by atoms with Gasteiger partial charge >= 0.3 is 12.0 Å². The minimum Gasteiger partial charge on any atom is -0.480 e. The quantitative estimate of drug-likeness (QED) is 0.885. The Labute approximate surface area is 115 Å². The summed E-state index contributed by atoms with van der Waals surface area (Å²) in [6.45, 7) is 4.24. The fraction of sp³-hybridized carbons (Fsp3) is 0.583. The number of aryl methyl sites for hydroxylation is 1. The van der Waals surface area contributed by atoms with Crippen molar-refractivity contribution in [1.29, 1.82) is 0 Å². The Hall–Kier alpha value is -1.63. The van der Waals surface area contributed by atoms with E-state index in [4.69, 9.17) is 5.11 Å². The third-order valence-corrected chi connectivity index (χ3v) is 4.29. The third-order valence-electron chi connectivity index (χ3n) is 3.15. The maximum absolute atomic E-state index is 12.1. The summed E-state index contributed by atoms with van der Waals surface area (Å²) in [5.41, 5.74) is 0.922. The van der Waals surface area contributed by atoms with Gasteiger partial charge in [-0.25, -0.2) is 14.6 Å². The van der Waals surface area contributed by atoms with E-state index in [0.29, 0.717) is 13.0 Å². The lowest BCUT2D eigenvalue weighted by Crippen LogP contribution is -2.46. The number of urea groups is 1. The molecule has 1 aromatic rings. The number of thiazole rings is 1. The SMILES string of the molecule is Cc1csc(C(C)NC(=O)N2CCC[C@@H]2C(=O)O)n1. The smallest absolute Gasteiger partial charge is 0.326 e. The second kappa shape index (κ2) is 5.56. The van der Waals surface area contributed by atoms with Crippen molar-refractivity contribution in [2.45, 2.75) is 38.8 Å². The van der Waals surface area contributed by atoms with Gasteiger partial charge in [0.25, 0.3) is 0 Å². The fourth-order valence-corrected chi connectivity index (χ4v) is 2.97. The summed E-state index contributed by atoms with van der Waals surface area (Å²) in [6, 6.07) is -1.24. The van der Waals surface area contributed by atoms with Crippen molar-refractivity contribution >= 4 is 23.3 Å². The van der Waals surface area contributed by atoms with Crippen LogP contribution in [0.25, 0.3) is 0 Å². The Morgan fingerprint density at radius 1 is 1.63 bits per heavy atom. The van der Waals surface area contributed by atoms with Crippen LogP contribution in [0, 0.1) is 6.92 Å². The predicted molar refractivity (Wildman–Crippen MR) is 71.2 cm³/mol. The molecule has 0 radical (unpaired) electrons. The topological polar surface area (TPSA) is 82.5 Å². The van der Waals surface area contributed by atoms with Gasteiger partial charge in [-0.3, -0.25) is 0 Å². The Bertz CT molecular complexity index is 488. The van der Waals surface area contributed by atoms with Gasteiger partial charge < -0.3 is 15.3 Å². The maximum Gasteiger partial charge on any atom is 0.326 e. The lowest BCUT2D eigenvalue weighted by Gasteiger charge is -2.23. The fourth-order valence-electron chi connectivity index (χ4n) is 2.17. The van der Waals surface area contributed by atoms with Crippen LogP contribution in [-0.4, -0.2) is 39.6 Å². The van der Waals surface area contributed by atoms with E-state index in [0.717, 1.165) is 17.1 Å². The second-order valence-electron chi connectivity index (χ2n) is 4.69. The average molecular weight is 283 g/mol. The molecule has 0 aliphatic carbocycles. The van der Waals surface area contributed by atoms with E-state index in [9.17, 15) is 9.59 Å². The Morgan fingerprint density at radius 2 is 2.37 bits per heavy atom. The van der Waals surface area contributed by atoms with E-state index in [-0.39, 0.29) is 12.1 Å². The molecule has 1 aromatic heterocycles. The Morgan fingerprint density at radius 3 is 2.95 bits per heavy atom. The number of rotatable bonds is 3. The van der Waals surface area contributed by atoms with Gasteiger partial charge in [-0.05, 0) is 26.7 Å². The van der Waals surface area contributed by atoms with Gasteiger partial charge in [0.1, 0.15) is 11.0 Å². The highest BCUT2D eigenvalue weighted by atomic mass is 32.1. The van der Waals surface area contributed by atoms with E-state index in [1.54, 1.807) is 0 Å². The number of amides is 2. The van der Waals surface area contributed by atoms with E-state index >= 15 is 0 Å². The largest absolute Gasteiger partial charge is 0.480 e. The van der Waals surface area contributed by atoms with Crippen molar-refractivity contribution in [2.75, 3.05) is 6.54 Å². The molecule has 1 aliphatic heterocycles. The molecule has 2 N–H and O–H groups in total. The van der Waals surface area contributed by atoms with Gasteiger partial charge in [-0.1, -0.05) is 0 Å². The zero-order valence-electron chi connectivity index (χ0n) is 10.9. The predicted octanol–water partition coefficient (Wildman–Crippen LogP) is 1.77. The number of carbonyl (C=O) groups excluding carboxylic acids is 1. The molecule has 7 heteroatoms. The minimum atomic E-state index is -0.939. The summed E-state index contributed by atoms with van der Waals surface area (Å²) in [4.78, 5) is 28.8. The molecule has 104 valence electrons. The van der Waals surface area contributed by atoms with Crippen LogP contribution in [-0.2, 0) is 4.79 Å². The molecule has 19 heavy (non-hydrogen) atoms. The van der Waals surface area contributed by atoms with E-state index in [1.807, 2.05) is 19.2 Å². The van der Waals surface area contributed by atoms with Crippen LogP contribution in [0.4, 0.5) is 4.79 Å². The summed E-state index contributed by atoms with van der Waals surface area (Å²) >= 11 is 1.49. The highest BCUT2D eigenvalue weighted by Crippen LogP contribution is 2.21. The first-order chi connectivity index (χ1) is 8.99. The minimum absolute atomic E-state index is 0.207. The molecule has 1 unspecified atom stereocenters. The van der Waals surface area contributed by atoms with Crippen LogP contribution >= 0.6 is 11.3 Å². The highest BCUT2D eigenvalue weighted by Gasteiger charge is 2.34. The van der Waals surface area contributed by atoms with E-state index in [1.165, 1.54) is 16.2 Å². The van der Waals surface area contributed by atoms with Crippen LogP contribution in [0.3, 0.4) is 0 Å². The lowest BCUT2D eigenvalue weighted by atomic mass is 10.2. The van der Waals surface area contributed by atoms with Gasteiger partial charge in [-0.15, -0.1) is 11.3 Å². The molecule has 0 aromatic carbocycles. The lowest BCUT2D eigenvalue weighted by molar-refractivity contribution is -0.141. The molecule has 1 saturated heterocycles. The first-order valence-corrected chi connectivity index (χ1v) is 7.09. The normalized spacial score (nSPS) is 20.3. The van der Waals surface area contributed by atoms with Crippen molar-refractivity contribution in [1.82, 2.24) is 15.2 Å². The van der Waals surface area contributed by atoms with Gasteiger partial charge in [0.15, 0.2) is 0 Å². The summed E-state index contributed by atoms with van der Waals surface area (Å²) in [5, 5.41) is 14.6. The number of carboxylic acid groups (broad SMARTS) is 1. The van der Waals surface area contributed by atoms with Gasteiger partial charge in [0.05, 0.1) is 6.04 Å². The van der Waals surface area contributed by atoms with Crippen LogP contribution in [0.15, 0.2) is 5.38 Å². The van der Waals surface area contributed by atoms with Crippen molar-refractivity contribution in [3.63, 3.8) is 0 Å². The van der Waals surface area contributed by atoms with Crippen molar-refractivity contribution in [3.8, 4) is 0 Å². The van der Waals surface area contributed by atoms with Crippen molar-refractivity contribution in [2.24, 2.45) is 0 Å². The molecule has 2 rings (SSSR count). The van der Waals surface area contributed by atoms with Crippen LogP contribution in [0.5, 0.6) is 0 Å². The molecule has 0 saturated carbocycles. The number of carbonyl (C=O) groups is 2. The monoisotopic (exact) mass is 283 g/mol. The summed E-state index contributed by atoms with van der Waals surface area (Å²) in [5.74, 6) is -0.939. The van der Waals surface area contributed by atoms with Crippen LogP contribution in [0.1, 0.15) is 36.5 Å². The first kappa shape index (κ1) is 13.8.